The highest BCUT2D eigenvalue weighted by Gasteiger charge is 2.16. The molecule has 0 aliphatic carbocycles. The van der Waals surface area contributed by atoms with Gasteiger partial charge in [0, 0.05) is 37.2 Å². The molecule has 0 amide bonds. The van der Waals surface area contributed by atoms with Crippen LogP contribution in [0.2, 0.25) is 0 Å². The fourth-order valence-electron chi connectivity index (χ4n) is 2.94. The van der Waals surface area contributed by atoms with E-state index in [1.807, 2.05) is 19.9 Å². The summed E-state index contributed by atoms with van der Waals surface area (Å²) < 4.78 is 10.7. The average molecular weight is 344 g/mol. The summed E-state index contributed by atoms with van der Waals surface area (Å²) in [6.07, 6.45) is 0. The SMILES string of the molecule is CN=C(NCc1ccc(C)cc1OC)NCC(C)c1c(C)noc1C. The molecular formula is C19H28N4O2. The minimum Gasteiger partial charge on any atom is -0.496 e. The van der Waals surface area contributed by atoms with Crippen molar-refractivity contribution >= 4 is 5.96 Å². The monoisotopic (exact) mass is 344 g/mol. The third-order valence-corrected chi connectivity index (χ3v) is 4.27. The summed E-state index contributed by atoms with van der Waals surface area (Å²) in [5, 5.41) is 10.7. The molecule has 0 radical (unpaired) electrons. The standard InChI is InChI=1S/C19H28N4O2/c1-12-7-8-16(17(9-12)24-6)11-22-19(20-5)21-10-13(2)18-14(3)23-25-15(18)4/h7-9,13H,10-11H2,1-6H3,(H2,20,21,22). The van der Waals surface area contributed by atoms with E-state index in [1.165, 1.54) is 5.56 Å². The molecule has 0 saturated carbocycles. The highest BCUT2D eigenvalue weighted by atomic mass is 16.5. The van der Waals surface area contributed by atoms with Gasteiger partial charge in [-0.25, -0.2) is 0 Å². The van der Waals surface area contributed by atoms with E-state index in [-0.39, 0.29) is 5.92 Å². The van der Waals surface area contributed by atoms with E-state index in [0.717, 1.165) is 40.8 Å². The average Bonchev–Trinajstić information content (AvgIpc) is 2.94. The van der Waals surface area contributed by atoms with Crippen molar-refractivity contribution in [3.63, 3.8) is 0 Å². The van der Waals surface area contributed by atoms with Crippen molar-refractivity contribution in [1.82, 2.24) is 15.8 Å². The molecule has 6 heteroatoms. The molecule has 1 aromatic carbocycles. The van der Waals surface area contributed by atoms with Crippen molar-refractivity contribution < 1.29 is 9.26 Å². The van der Waals surface area contributed by atoms with Crippen LogP contribution in [-0.2, 0) is 6.54 Å². The molecule has 0 aliphatic rings. The number of methoxy groups -OCH3 is 1. The lowest BCUT2D eigenvalue weighted by molar-refractivity contribution is 0.391. The Balaban J connectivity index is 1.93. The summed E-state index contributed by atoms with van der Waals surface area (Å²) in [4.78, 5) is 4.29. The lowest BCUT2D eigenvalue weighted by atomic mass is 10.00. The van der Waals surface area contributed by atoms with E-state index in [0.29, 0.717) is 6.54 Å². The molecule has 0 fully saturated rings. The smallest absolute Gasteiger partial charge is 0.191 e. The molecule has 1 heterocycles. The number of nitrogens with zero attached hydrogens (tertiary/aromatic N) is 2. The predicted molar refractivity (Wildman–Crippen MR) is 100 cm³/mol. The predicted octanol–water partition coefficient (Wildman–Crippen LogP) is 3.08. The maximum atomic E-state index is 5.45. The Morgan fingerprint density at radius 1 is 1.28 bits per heavy atom. The molecule has 6 nitrogen and oxygen atoms in total. The number of aryl methyl sites for hydroxylation is 3. The van der Waals surface area contributed by atoms with Gasteiger partial charge in [-0.15, -0.1) is 0 Å². The maximum absolute atomic E-state index is 5.45. The highest BCUT2D eigenvalue weighted by molar-refractivity contribution is 5.79. The summed E-state index contributed by atoms with van der Waals surface area (Å²) in [6, 6.07) is 6.18. The van der Waals surface area contributed by atoms with Crippen LogP contribution in [0.4, 0.5) is 0 Å². The number of rotatable bonds is 6. The van der Waals surface area contributed by atoms with Crippen molar-refractivity contribution in [3.8, 4) is 5.75 Å². The molecule has 2 N–H and O–H groups in total. The van der Waals surface area contributed by atoms with Crippen LogP contribution in [0.5, 0.6) is 5.75 Å². The Morgan fingerprint density at radius 2 is 2.04 bits per heavy atom. The molecule has 1 aromatic heterocycles. The molecule has 2 rings (SSSR count). The Labute approximate surface area is 149 Å². The number of hydrogen-bond donors (Lipinski definition) is 2. The van der Waals surface area contributed by atoms with Crippen LogP contribution in [0, 0.1) is 20.8 Å². The second kappa shape index (κ2) is 8.55. The van der Waals surface area contributed by atoms with Gasteiger partial charge in [-0.3, -0.25) is 4.99 Å². The van der Waals surface area contributed by atoms with E-state index >= 15 is 0 Å². The highest BCUT2D eigenvalue weighted by Crippen LogP contribution is 2.22. The molecule has 25 heavy (non-hydrogen) atoms. The first-order chi connectivity index (χ1) is 12.0. The quantitative estimate of drug-likeness (QED) is 0.622. The van der Waals surface area contributed by atoms with Gasteiger partial charge in [0.1, 0.15) is 11.5 Å². The van der Waals surface area contributed by atoms with E-state index < -0.39 is 0 Å². The zero-order valence-corrected chi connectivity index (χ0v) is 15.9. The zero-order valence-electron chi connectivity index (χ0n) is 15.9. The van der Waals surface area contributed by atoms with Crippen LogP contribution < -0.4 is 15.4 Å². The van der Waals surface area contributed by atoms with Crippen molar-refractivity contribution in [3.05, 3.63) is 46.3 Å². The van der Waals surface area contributed by atoms with Gasteiger partial charge in [0.25, 0.3) is 0 Å². The molecule has 1 unspecified atom stereocenters. The lowest BCUT2D eigenvalue weighted by Crippen LogP contribution is -2.38. The van der Waals surface area contributed by atoms with Gasteiger partial charge >= 0.3 is 0 Å². The fourth-order valence-corrected chi connectivity index (χ4v) is 2.94. The van der Waals surface area contributed by atoms with Crippen LogP contribution >= 0.6 is 0 Å². The first kappa shape index (κ1) is 18.8. The van der Waals surface area contributed by atoms with Gasteiger partial charge in [0.05, 0.1) is 12.8 Å². The van der Waals surface area contributed by atoms with Crippen LogP contribution in [0.1, 0.15) is 41.0 Å². The van der Waals surface area contributed by atoms with E-state index in [9.17, 15) is 0 Å². The van der Waals surface area contributed by atoms with Crippen LogP contribution in [0.25, 0.3) is 0 Å². The molecule has 0 aliphatic heterocycles. The number of ether oxygens (including phenoxy) is 1. The van der Waals surface area contributed by atoms with Gasteiger partial charge < -0.3 is 19.9 Å². The van der Waals surface area contributed by atoms with Crippen LogP contribution in [0.3, 0.4) is 0 Å². The normalized spacial score (nSPS) is 12.8. The van der Waals surface area contributed by atoms with Crippen molar-refractivity contribution in [2.24, 2.45) is 4.99 Å². The van der Waals surface area contributed by atoms with Gasteiger partial charge in [-0.2, -0.15) is 0 Å². The maximum Gasteiger partial charge on any atom is 0.191 e. The minimum absolute atomic E-state index is 0.277. The number of aromatic nitrogens is 1. The van der Waals surface area contributed by atoms with Crippen LogP contribution in [-0.4, -0.2) is 31.8 Å². The lowest BCUT2D eigenvalue weighted by Gasteiger charge is -2.17. The largest absolute Gasteiger partial charge is 0.496 e. The Hall–Kier alpha value is -2.50. The Bertz CT molecular complexity index is 718. The molecule has 0 spiro atoms. The number of aliphatic imine (C=N–C) groups is 1. The molecule has 2 aromatic rings. The molecule has 136 valence electrons. The third kappa shape index (κ3) is 4.75. The first-order valence-electron chi connectivity index (χ1n) is 8.47. The second-order valence-corrected chi connectivity index (χ2v) is 6.26. The van der Waals surface area contributed by atoms with E-state index in [2.05, 4.69) is 46.8 Å². The number of benzene rings is 1. The van der Waals surface area contributed by atoms with Gasteiger partial charge in [-0.1, -0.05) is 24.2 Å². The Morgan fingerprint density at radius 3 is 2.64 bits per heavy atom. The molecule has 1 atom stereocenters. The van der Waals surface area contributed by atoms with Crippen molar-refractivity contribution in [2.45, 2.75) is 40.2 Å². The number of nitrogens with one attached hydrogen (secondary N) is 2. The van der Waals surface area contributed by atoms with Crippen LogP contribution in [0.15, 0.2) is 27.7 Å². The second-order valence-electron chi connectivity index (χ2n) is 6.26. The first-order valence-corrected chi connectivity index (χ1v) is 8.47. The zero-order chi connectivity index (χ0) is 18.4. The van der Waals surface area contributed by atoms with Crippen molar-refractivity contribution in [2.75, 3.05) is 20.7 Å². The van der Waals surface area contributed by atoms with Crippen molar-refractivity contribution in [1.29, 1.82) is 0 Å². The number of guanidine groups is 1. The minimum atomic E-state index is 0.277. The summed E-state index contributed by atoms with van der Waals surface area (Å²) in [7, 11) is 3.46. The fraction of sp³-hybridized carbons (Fsp3) is 0.474. The summed E-state index contributed by atoms with van der Waals surface area (Å²) in [5.74, 6) is 2.78. The Kier molecular flexibility index (Phi) is 6.44. The third-order valence-electron chi connectivity index (χ3n) is 4.27. The van der Waals surface area contributed by atoms with Gasteiger partial charge in [0.2, 0.25) is 0 Å². The summed E-state index contributed by atoms with van der Waals surface area (Å²) >= 11 is 0. The van der Waals surface area contributed by atoms with Gasteiger partial charge in [0.15, 0.2) is 5.96 Å². The summed E-state index contributed by atoms with van der Waals surface area (Å²) in [5.41, 5.74) is 4.37. The molecule has 0 bridgehead atoms. The number of hydrogen-bond acceptors (Lipinski definition) is 4. The summed E-state index contributed by atoms with van der Waals surface area (Å²) in [6.45, 7) is 9.50. The molecular weight excluding hydrogens is 316 g/mol. The van der Waals surface area contributed by atoms with E-state index in [4.69, 9.17) is 9.26 Å². The van der Waals surface area contributed by atoms with E-state index in [1.54, 1.807) is 14.2 Å². The van der Waals surface area contributed by atoms with Gasteiger partial charge in [-0.05, 0) is 32.4 Å². The topological polar surface area (TPSA) is 71.7 Å². The molecule has 0 saturated heterocycles.